The van der Waals surface area contributed by atoms with Crippen molar-refractivity contribution in [1.29, 1.82) is 0 Å². The monoisotopic (exact) mass is 455 g/mol. The van der Waals surface area contributed by atoms with E-state index in [1.54, 1.807) is 12.1 Å². The molecule has 2 aromatic carbocycles. The van der Waals surface area contributed by atoms with Crippen LogP contribution in [-0.4, -0.2) is 39.2 Å². The molecule has 6 rings (SSSR count). The average molecular weight is 456 g/mol. The number of pyridine rings is 1. The summed E-state index contributed by atoms with van der Waals surface area (Å²) in [5, 5.41) is 11.0. The molecule has 2 N–H and O–H groups in total. The van der Waals surface area contributed by atoms with Crippen LogP contribution in [0.2, 0.25) is 0 Å². The molecule has 1 unspecified atom stereocenters. The van der Waals surface area contributed by atoms with Crippen molar-refractivity contribution in [3.8, 4) is 22.3 Å². The zero-order valence-corrected chi connectivity index (χ0v) is 19.3. The Bertz CT molecular complexity index is 1310. The average Bonchev–Trinajstić information content (AvgIpc) is 3.57. The molecule has 1 saturated heterocycles. The van der Waals surface area contributed by atoms with Gasteiger partial charge in [0.15, 0.2) is 0 Å². The molecule has 2 aromatic heterocycles. The normalized spacial score (nSPS) is 19.1. The highest BCUT2D eigenvalue weighted by Gasteiger charge is 2.25. The van der Waals surface area contributed by atoms with E-state index in [4.69, 9.17) is 4.98 Å². The predicted octanol–water partition coefficient (Wildman–Crippen LogP) is 5.95. The van der Waals surface area contributed by atoms with Crippen LogP contribution in [0.4, 0.5) is 4.39 Å². The molecule has 1 aliphatic heterocycles. The number of piperidine rings is 1. The van der Waals surface area contributed by atoms with Crippen molar-refractivity contribution in [2.75, 3.05) is 13.1 Å². The number of fused-ring (bicyclic) bond motifs is 1. The number of halogens is 1. The lowest BCUT2D eigenvalue weighted by Crippen LogP contribution is -2.37. The van der Waals surface area contributed by atoms with Gasteiger partial charge in [0.25, 0.3) is 0 Å². The lowest BCUT2D eigenvalue weighted by Gasteiger charge is -2.29. The summed E-state index contributed by atoms with van der Waals surface area (Å²) in [7, 11) is 0. The van der Waals surface area contributed by atoms with E-state index in [9.17, 15) is 9.50 Å². The fraction of sp³-hybridized carbons (Fsp3) is 0.345. The van der Waals surface area contributed by atoms with Crippen LogP contribution in [0, 0.1) is 11.7 Å². The molecule has 4 aromatic rings. The summed E-state index contributed by atoms with van der Waals surface area (Å²) in [6, 6.07) is 17.7. The van der Waals surface area contributed by atoms with Gasteiger partial charge in [-0.1, -0.05) is 36.4 Å². The summed E-state index contributed by atoms with van der Waals surface area (Å²) in [5.41, 5.74) is 7.43. The Morgan fingerprint density at radius 2 is 1.85 bits per heavy atom. The highest BCUT2D eigenvalue weighted by molar-refractivity contribution is 5.97. The van der Waals surface area contributed by atoms with E-state index in [0.717, 1.165) is 77.9 Å². The number of benzene rings is 2. The Hall–Kier alpha value is -3.02. The molecule has 2 aliphatic rings. The standard InChI is InChI=1S/C29H30FN3O/c30-24-4-1-3-22(14-24)28-26-15-23(16-31-29(26)32-27(28)13-19-6-7-19)21-10-8-20(9-11-21)17-33-12-2-5-25(34)18-33/h1,3-4,8-11,14-16,19,25,34H,2,5-7,12-13,17-18H2,(H,31,32). The minimum absolute atomic E-state index is 0.204. The molecule has 2 fully saturated rings. The van der Waals surface area contributed by atoms with Crippen molar-refractivity contribution in [3.05, 3.63) is 77.9 Å². The highest BCUT2D eigenvalue weighted by Crippen LogP contribution is 2.39. The lowest BCUT2D eigenvalue weighted by molar-refractivity contribution is 0.0668. The maximum absolute atomic E-state index is 14.1. The molecule has 34 heavy (non-hydrogen) atoms. The first kappa shape index (κ1) is 21.5. The topological polar surface area (TPSA) is 52.1 Å². The fourth-order valence-corrected chi connectivity index (χ4v) is 5.25. The molecule has 5 heteroatoms. The van der Waals surface area contributed by atoms with Crippen LogP contribution in [0.15, 0.2) is 60.8 Å². The van der Waals surface area contributed by atoms with Gasteiger partial charge in [-0.3, -0.25) is 4.90 Å². The first-order chi connectivity index (χ1) is 16.6. The van der Waals surface area contributed by atoms with Crippen molar-refractivity contribution >= 4 is 11.0 Å². The van der Waals surface area contributed by atoms with Gasteiger partial charge >= 0.3 is 0 Å². The largest absolute Gasteiger partial charge is 0.392 e. The number of aromatic nitrogens is 2. The highest BCUT2D eigenvalue weighted by atomic mass is 19.1. The molecule has 0 amide bonds. The molecule has 174 valence electrons. The van der Waals surface area contributed by atoms with E-state index in [1.165, 1.54) is 24.5 Å². The zero-order chi connectivity index (χ0) is 23.1. The molecular formula is C29H30FN3O. The van der Waals surface area contributed by atoms with Gasteiger partial charge in [0.05, 0.1) is 6.10 Å². The summed E-state index contributed by atoms with van der Waals surface area (Å²) < 4.78 is 14.1. The number of hydrogen-bond donors (Lipinski definition) is 2. The van der Waals surface area contributed by atoms with Crippen LogP contribution in [0.1, 0.15) is 36.9 Å². The number of aromatic amines is 1. The first-order valence-electron chi connectivity index (χ1n) is 12.4. The second-order valence-electron chi connectivity index (χ2n) is 9.98. The third-order valence-electron chi connectivity index (χ3n) is 7.21. The number of H-pyrrole nitrogens is 1. The molecule has 0 bridgehead atoms. The molecule has 1 atom stereocenters. The number of nitrogens with zero attached hydrogens (tertiary/aromatic N) is 2. The Morgan fingerprint density at radius 1 is 1.00 bits per heavy atom. The van der Waals surface area contributed by atoms with Crippen molar-refractivity contribution in [1.82, 2.24) is 14.9 Å². The van der Waals surface area contributed by atoms with E-state index >= 15 is 0 Å². The fourth-order valence-electron chi connectivity index (χ4n) is 5.25. The third kappa shape index (κ3) is 4.50. The second kappa shape index (κ2) is 8.97. The van der Waals surface area contributed by atoms with E-state index in [0.29, 0.717) is 5.92 Å². The number of hydrogen-bond acceptors (Lipinski definition) is 3. The number of aliphatic hydroxyl groups is 1. The van der Waals surface area contributed by atoms with Crippen LogP contribution in [0.25, 0.3) is 33.3 Å². The number of rotatable bonds is 6. The Balaban J connectivity index is 1.32. The van der Waals surface area contributed by atoms with E-state index in [1.807, 2.05) is 12.3 Å². The predicted molar refractivity (Wildman–Crippen MR) is 134 cm³/mol. The molecule has 4 nitrogen and oxygen atoms in total. The SMILES string of the molecule is OC1CCCN(Cc2ccc(-c3cnc4[nH]c(CC5CC5)c(-c5cccc(F)c5)c4c3)cc2)C1. The third-order valence-corrected chi connectivity index (χ3v) is 7.21. The van der Waals surface area contributed by atoms with E-state index in [2.05, 4.69) is 40.2 Å². The molecule has 1 saturated carbocycles. The van der Waals surface area contributed by atoms with Gasteiger partial charge in [-0.05, 0) is 79.5 Å². The zero-order valence-electron chi connectivity index (χ0n) is 19.3. The summed E-state index contributed by atoms with van der Waals surface area (Å²) in [4.78, 5) is 10.6. The van der Waals surface area contributed by atoms with Gasteiger partial charge < -0.3 is 10.1 Å². The summed E-state index contributed by atoms with van der Waals surface area (Å²) in [6.07, 6.45) is 7.19. The molecule has 0 spiro atoms. The number of nitrogens with one attached hydrogen (secondary N) is 1. The number of β-amino-alcohol motifs (C(OH)–C–C–N with tert-alkyl or cyclic N) is 1. The van der Waals surface area contributed by atoms with E-state index in [-0.39, 0.29) is 11.9 Å². The molecule has 3 heterocycles. The quantitative estimate of drug-likeness (QED) is 0.378. The Labute approximate surface area is 199 Å². The summed E-state index contributed by atoms with van der Waals surface area (Å²) in [5.74, 6) is 0.499. The van der Waals surface area contributed by atoms with Crippen LogP contribution < -0.4 is 0 Å². The lowest BCUT2D eigenvalue weighted by atomic mass is 9.98. The van der Waals surface area contributed by atoms with E-state index < -0.39 is 0 Å². The van der Waals surface area contributed by atoms with Crippen molar-refractivity contribution in [2.24, 2.45) is 5.92 Å². The Morgan fingerprint density at radius 3 is 2.62 bits per heavy atom. The Kier molecular flexibility index (Phi) is 5.67. The second-order valence-corrected chi connectivity index (χ2v) is 9.98. The molecular weight excluding hydrogens is 425 g/mol. The van der Waals surface area contributed by atoms with Crippen LogP contribution in [0.3, 0.4) is 0 Å². The maximum Gasteiger partial charge on any atom is 0.138 e. The minimum Gasteiger partial charge on any atom is -0.392 e. The number of aliphatic hydroxyl groups excluding tert-OH is 1. The van der Waals surface area contributed by atoms with Crippen LogP contribution >= 0.6 is 0 Å². The van der Waals surface area contributed by atoms with Crippen LogP contribution in [0.5, 0.6) is 0 Å². The van der Waals surface area contributed by atoms with Crippen molar-refractivity contribution < 1.29 is 9.50 Å². The van der Waals surface area contributed by atoms with Gasteiger partial charge in [0.2, 0.25) is 0 Å². The van der Waals surface area contributed by atoms with Crippen molar-refractivity contribution in [2.45, 2.75) is 44.8 Å². The summed E-state index contributed by atoms with van der Waals surface area (Å²) >= 11 is 0. The van der Waals surface area contributed by atoms with Gasteiger partial charge in [-0.15, -0.1) is 0 Å². The number of likely N-dealkylation sites (tertiary alicyclic amines) is 1. The maximum atomic E-state index is 14.1. The smallest absolute Gasteiger partial charge is 0.138 e. The molecule has 1 aliphatic carbocycles. The van der Waals surface area contributed by atoms with Crippen LogP contribution in [-0.2, 0) is 13.0 Å². The minimum atomic E-state index is -0.217. The van der Waals surface area contributed by atoms with Crippen molar-refractivity contribution in [3.63, 3.8) is 0 Å². The van der Waals surface area contributed by atoms with Gasteiger partial charge in [-0.2, -0.15) is 0 Å². The van der Waals surface area contributed by atoms with Gasteiger partial charge in [0, 0.05) is 41.5 Å². The first-order valence-corrected chi connectivity index (χ1v) is 12.4. The molecule has 0 radical (unpaired) electrons. The van der Waals surface area contributed by atoms with Gasteiger partial charge in [-0.25, -0.2) is 9.37 Å². The summed E-state index contributed by atoms with van der Waals surface area (Å²) in [6.45, 7) is 2.65. The van der Waals surface area contributed by atoms with Gasteiger partial charge in [0.1, 0.15) is 11.5 Å².